The lowest BCUT2D eigenvalue weighted by Gasteiger charge is -2.20. The zero-order chi connectivity index (χ0) is 14.7. The van der Waals surface area contributed by atoms with Gasteiger partial charge in [-0.25, -0.2) is 0 Å². The van der Waals surface area contributed by atoms with Crippen molar-refractivity contribution in [3.63, 3.8) is 0 Å². The summed E-state index contributed by atoms with van der Waals surface area (Å²) in [4.78, 5) is 2.75. The SMILES string of the molecule is CCNC(c1ccc(-c2cc(C)ccc2Br)s1)C(C)C. The second-order valence-corrected chi connectivity index (χ2v) is 7.43. The van der Waals surface area contributed by atoms with Crippen molar-refractivity contribution in [2.24, 2.45) is 5.92 Å². The van der Waals surface area contributed by atoms with Crippen molar-refractivity contribution in [3.05, 3.63) is 45.2 Å². The molecule has 2 aromatic rings. The first-order chi connectivity index (χ1) is 9.52. The van der Waals surface area contributed by atoms with Gasteiger partial charge in [0.05, 0.1) is 0 Å². The second-order valence-electron chi connectivity index (χ2n) is 5.46. The first kappa shape index (κ1) is 15.7. The quantitative estimate of drug-likeness (QED) is 0.718. The van der Waals surface area contributed by atoms with Gasteiger partial charge in [0.1, 0.15) is 0 Å². The normalized spacial score (nSPS) is 12.9. The largest absolute Gasteiger partial charge is 0.309 e. The van der Waals surface area contributed by atoms with Gasteiger partial charge in [-0.1, -0.05) is 48.3 Å². The van der Waals surface area contributed by atoms with Gasteiger partial charge in [0.15, 0.2) is 0 Å². The molecule has 108 valence electrons. The minimum absolute atomic E-state index is 0.447. The summed E-state index contributed by atoms with van der Waals surface area (Å²) in [5.74, 6) is 0.599. The van der Waals surface area contributed by atoms with Crippen LogP contribution in [0.15, 0.2) is 34.8 Å². The van der Waals surface area contributed by atoms with E-state index in [9.17, 15) is 0 Å². The maximum absolute atomic E-state index is 3.66. The highest BCUT2D eigenvalue weighted by molar-refractivity contribution is 9.10. The maximum atomic E-state index is 3.66. The summed E-state index contributed by atoms with van der Waals surface area (Å²) >= 11 is 5.56. The predicted molar refractivity (Wildman–Crippen MR) is 93.4 cm³/mol. The van der Waals surface area contributed by atoms with E-state index in [1.165, 1.54) is 25.4 Å². The van der Waals surface area contributed by atoms with Crippen molar-refractivity contribution in [3.8, 4) is 10.4 Å². The molecule has 1 heterocycles. The van der Waals surface area contributed by atoms with E-state index in [-0.39, 0.29) is 0 Å². The Balaban J connectivity index is 2.34. The lowest BCUT2D eigenvalue weighted by molar-refractivity contribution is 0.428. The summed E-state index contributed by atoms with van der Waals surface area (Å²) < 4.78 is 1.17. The summed E-state index contributed by atoms with van der Waals surface area (Å²) in [5, 5.41) is 3.59. The molecule has 0 amide bonds. The molecular formula is C17H22BrNS. The van der Waals surface area contributed by atoms with E-state index in [0.29, 0.717) is 12.0 Å². The van der Waals surface area contributed by atoms with Crippen LogP contribution in [0.25, 0.3) is 10.4 Å². The first-order valence-corrected chi connectivity index (χ1v) is 8.73. The van der Waals surface area contributed by atoms with E-state index in [1.807, 2.05) is 11.3 Å². The minimum Gasteiger partial charge on any atom is -0.309 e. The Morgan fingerprint density at radius 1 is 1.20 bits per heavy atom. The van der Waals surface area contributed by atoms with Gasteiger partial charge in [0.25, 0.3) is 0 Å². The van der Waals surface area contributed by atoms with Crippen LogP contribution < -0.4 is 5.32 Å². The van der Waals surface area contributed by atoms with Gasteiger partial charge >= 0.3 is 0 Å². The Labute approximate surface area is 134 Å². The van der Waals surface area contributed by atoms with Crippen LogP contribution in [0.4, 0.5) is 0 Å². The molecule has 0 saturated carbocycles. The molecule has 1 aromatic carbocycles. The highest BCUT2D eigenvalue weighted by Gasteiger charge is 2.17. The van der Waals surface area contributed by atoms with Crippen LogP contribution in [-0.4, -0.2) is 6.54 Å². The third-order valence-corrected chi connectivity index (χ3v) is 5.30. The minimum atomic E-state index is 0.447. The molecule has 1 aromatic heterocycles. The van der Waals surface area contributed by atoms with Crippen LogP contribution in [0.5, 0.6) is 0 Å². The number of rotatable bonds is 5. The van der Waals surface area contributed by atoms with E-state index < -0.39 is 0 Å². The predicted octanol–water partition coefficient (Wildman–Crippen LogP) is 5.79. The van der Waals surface area contributed by atoms with Gasteiger partial charge in [-0.05, 0) is 43.7 Å². The summed E-state index contributed by atoms with van der Waals surface area (Å²) in [6.07, 6.45) is 0. The molecule has 0 bridgehead atoms. The average Bonchev–Trinajstić information content (AvgIpc) is 2.87. The molecule has 0 spiro atoms. The van der Waals surface area contributed by atoms with E-state index in [4.69, 9.17) is 0 Å². The Morgan fingerprint density at radius 2 is 1.95 bits per heavy atom. The summed E-state index contributed by atoms with van der Waals surface area (Å²) in [5.41, 5.74) is 2.59. The van der Waals surface area contributed by atoms with Crippen LogP contribution in [0, 0.1) is 12.8 Å². The average molecular weight is 352 g/mol. The number of hydrogen-bond donors (Lipinski definition) is 1. The van der Waals surface area contributed by atoms with Gasteiger partial charge < -0.3 is 5.32 Å². The highest BCUT2D eigenvalue weighted by atomic mass is 79.9. The smallest absolute Gasteiger partial charge is 0.0438 e. The fourth-order valence-electron chi connectivity index (χ4n) is 2.38. The van der Waals surface area contributed by atoms with Crippen molar-refractivity contribution < 1.29 is 0 Å². The zero-order valence-corrected chi connectivity index (χ0v) is 14.9. The van der Waals surface area contributed by atoms with Gasteiger partial charge in [-0.15, -0.1) is 11.3 Å². The molecule has 0 fully saturated rings. The Hall–Kier alpha value is -0.640. The molecule has 20 heavy (non-hydrogen) atoms. The molecule has 0 aliphatic rings. The number of benzene rings is 1. The number of hydrogen-bond acceptors (Lipinski definition) is 2. The molecule has 0 aliphatic heterocycles. The Kier molecular flexibility index (Phi) is 5.42. The number of halogens is 1. The lowest BCUT2D eigenvalue weighted by Crippen LogP contribution is -2.24. The summed E-state index contributed by atoms with van der Waals surface area (Å²) in [7, 11) is 0. The molecular weight excluding hydrogens is 330 g/mol. The standard InChI is InChI=1S/C17H22BrNS/c1-5-19-17(11(2)3)16-9-8-15(20-16)13-10-12(4)6-7-14(13)18/h6-11,17,19H,5H2,1-4H3. The molecule has 0 saturated heterocycles. The number of thiophene rings is 1. The molecule has 0 aliphatic carbocycles. The fourth-order valence-corrected chi connectivity index (χ4v) is 4.26. The molecule has 1 atom stereocenters. The van der Waals surface area contributed by atoms with E-state index in [2.05, 4.69) is 79.3 Å². The Morgan fingerprint density at radius 3 is 2.60 bits per heavy atom. The van der Waals surface area contributed by atoms with E-state index >= 15 is 0 Å². The van der Waals surface area contributed by atoms with Crippen molar-refractivity contribution in [1.29, 1.82) is 0 Å². The molecule has 3 heteroatoms. The third-order valence-electron chi connectivity index (χ3n) is 3.41. The molecule has 1 nitrogen and oxygen atoms in total. The third kappa shape index (κ3) is 3.51. The molecule has 1 unspecified atom stereocenters. The first-order valence-electron chi connectivity index (χ1n) is 7.12. The monoisotopic (exact) mass is 351 g/mol. The van der Waals surface area contributed by atoms with Gasteiger partial charge in [0, 0.05) is 25.8 Å². The van der Waals surface area contributed by atoms with Gasteiger partial charge in [-0.2, -0.15) is 0 Å². The molecule has 1 N–H and O–H groups in total. The van der Waals surface area contributed by atoms with Crippen molar-refractivity contribution in [2.75, 3.05) is 6.54 Å². The summed E-state index contributed by atoms with van der Waals surface area (Å²) in [6.45, 7) is 9.86. The van der Waals surface area contributed by atoms with Crippen LogP contribution >= 0.6 is 27.3 Å². The zero-order valence-electron chi connectivity index (χ0n) is 12.5. The van der Waals surface area contributed by atoms with Crippen LogP contribution in [0.3, 0.4) is 0 Å². The van der Waals surface area contributed by atoms with E-state index in [0.717, 1.165) is 6.54 Å². The Bertz CT molecular complexity index is 574. The fraction of sp³-hybridized carbons (Fsp3) is 0.412. The van der Waals surface area contributed by atoms with Gasteiger partial charge in [-0.3, -0.25) is 0 Å². The van der Waals surface area contributed by atoms with Crippen LogP contribution in [0.1, 0.15) is 37.3 Å². The van der Waals surface area contributed by atoms with Gasteiger partial charge in [0.2, 0.25) is 0 Å². The molecule has 2 rings (SSSR count). The topological polar surface area (TPSA) is 12.0 Å². The van der Waals surface area contributed by atoms with Crippen LogP contribution in [0.2, 0.25) is 0 Å². The van der Waals surface area contributed by atoms with Crippen molar-refractivity contribution in [1.82, 2.24) is 5.32 Å². The molecule has 0 radical (unpaired) electrons. The summed E-state index contributed by atoms with van der Waals surface area (Å²) in [6, 6.07) is 11.5. The maximum Gasteiger partial charge on any atom is 0.0438 e. The number of nitrogens with one attached hydrogen (secondary N) is 1. The highest BCUT2D eigenvalue weighted by Crippen LogP contribution is 2.37. The lowest BCUT2D eigenvalue weighted by atomic mass is 10.0. The van der Waals surface area contributed by atoms with Crippen molar-refractivity contribution in [2.45, 2.75) is 33.7 Å². The second kappa shape index (κ2) is 6.88. The van der Waals surface area contributed by atoms with E-state index in [1.54, 1.807) is 0 Å². The number of aryl methyl sites for hydroxylation is 1. The van der Waals surface area contributed by atoms with Crippen molar-refractivity contribution >= 4 is 27.3 Å². The van der Waals surface area contributed by atoms with Crippen LogP contribution in [-0.2, 0) is 0 Å².